The molecule has 3 heterocycles. The number of ether oxygens (including phenoxy) is 3. The Balaban J connectivity index is 1.16. The number of nitrogen functional groups attached to an aromatic ring is 1. The number of likely N-dealkylation sites (tertiary alicyclic amines) is 1. The number of carbonyl (C=O) groups is 1. The highest BCUT2D eigenvalue weighted by Gasteiger charge is 2.28. The van der Waals surface area contributed by atoms with Crippen molar-refractivity contribution >= 4 is 23.4 Å². The van der Waals surface area contributed by atoms with Crippen molar-refractivity contribution in [2.45, 2.75) is 51.9 Å². The Morgan fingerprint density at radius 3 is 2.46 bits per heavy atom. The third-order valence-corrected chi connectivity index (χ3v) is 7.07. The van der Waals surface area contributed by atoms with Crippen molar-refractivity contribution < 1.29 is 19.0 Å². The highest BCUT2D eigenvalue weighted by Crippen LogP contribution is 2.30. The monoisotopic (exact) mass is 560 g/mol. The van der Waals surface area contributed by atoms with E-state index < -0.39 is 5.60 Å². The Hall–Kier alpha value is -3.89. The van der Waals surface area contributed by atoms with Crippen molar-refractivity contribution in [1.82, 2.24) is 19.8 Å². The third-order valence-electron chi connectivity index (χ3n) is 7.07. The molecule has 1 aromatic heterocycles. The van der Waals surface area contributed by atoms with Crippen LogP contribution in [-0.4, -0.2) is 77.0 Å². The topological polar surface area (TPSA) is 115 Å². The Bertz CT molecular complexity index is 1310. The van der Waals surface area contributed by atoms with Crippen molar-refractivity contribution in [1.29, 1.82) is 0 Å². The van der Waals surface area contributed by atoms with Crippen LogP contribution in [0, 0.1) is 0 Å². The molecule has 0 radical (unpaired) electrons. The molecule has 10 heteroatoms. The van der Waals surface area contributed by atoms with Gasteiger partial charge in [0.1, 0.15) is 17.5 Å². The van der Waals surface area contributed by atoms with Gasteiger partial charge in [-0.15, -0.1) is 0 Å². The summed E-state index contributed by atoms with van der Waals surface area (Å²) in [5.41, 5.74) is 10.2. The van der Waals surface area contributed by atoms with Gasteiger partial charge in [-0.2, -0.15) is 0 Å². The fourth-order valence-corrected chi connectivity index (χ4v) is 4.90. The lowest BCUT2D eigenvalue weighted by Crippen LogP contribution is -2.44. The summed E-state index contributed by atoms with van der Waals surface area (Å²) < 4.78 is 17.1. The number of hydrogen-bond donors (Lipinski definition) is 2. The molecule has 0 atom stereocenters. The number of rotatable bonds is 7. The number of anilines is 3. The summed E-state index contributed by atoms with van der Waals surface area (Å²) in [7, 11) is 0. The number of nitrogens with two attached hydrogens (primary N) is 1. The van der Waals surface area contributed by atoms with E-state index in [0.717, 1.165) is 62.6 Å². The molecule has 1 amide bonds. The van der Waals surface area contributed by atoms with Gasteiger partial charge in [-0.3, -0.25) is 4.90 Å². The van der Waals surface area contributed by atoms with Gasteiger partial charge >= 0.3 is 6.09 Å². The van der Waals surface area contributed by atoms with E-state index in [9.17, 15) is 4.79 Å². The first-order valence-electron chi connectivity index (χ1n) is 14.3. The first-order chi connectivity index (χ1) is 19.7. The molecule has 0 aliphatic carbocycles. The zero-order valence-electron chi connectivity index (χ0n) is 24.1. The number of benzene rings is 2. The summed E-state index contributed by atoms with van der Waals surface area (Å²) in [4.78, 5) is 25.6. The van der Waals surface area contributed by atoms with E-state index in [4.69, 9.17) is 24.9 Å². The van der Waals surface area contributed by atoms with Gasteiger partial charge in [-0.25, -0.2) is 14.8 Å². The minimum Gasteiger partial charge on any atom is -0.488 e. The number of morpholine rings is 1. The largest absolute Gasteiger partial charge is 0.488 e. The molecule has 3 N–H and O–H groups in total. The summed E-state index contributed by atoms with van der Waals surface area (Å²) in [6, 6.07) is 15.9. The molecule has 0 bridgehead atoms. The van der Waals surface area contributed by atoms with Gasteiger partial charge in [0.15, 0.2) is 0 Å². The van der Waals surface area contributed by atoms with Crippen LogP contribution in [0.1, 0.15) is 39.2 Å². The molecule has 2 saturated heterocycles. The number of amides is 1. The van der Waals surface area contributed by atoms with E-state index in [2.05, 4.69) is 27.3 Å². The van der Waals surface area contributed by atoms with Gasteiger partial charge < -0.3 is 30.2 Å². The highest BCUT2D eigenvalue weighted by atomic mass is 16.6. The van der Waals surface area contributed by atoms with E-state index in [1.807, 2.05) is 57.2 Å². The molecule has 0 unspecified atom stereocenters. The van der Waals surface area contributed by atoms with Crippen LogP contribution in [0.15, 0.2) is 54.7 Å². The standard InChI is InChI=1S/C31H40N6O4/c1-31(2,3)41-30(38)37-14-11-25(12-15-37)40-28-9-6-23(20-26(28)32)27-10-13-33-29(35-27)34-24-7-4-22(5-8-24)21-36-16-18-39-19-17-36/h4-10,13,20,25H,11-12,14-19,21,32H2,1-3H3,(H,33,34,35). The lowest BCUT2D eigenvalue weighted by molar-refractivity contribution is 0.0127. The van der Waals surface area contributed by atoms with Crippen molar-refractivity contribution in [3.8, 4) is 17.0 Å². The van der Waals surface area contributed by atoms with Gasteiger partial charge in [0, 0.05) is 63.0 Å². The molecule has 2 fully saturated rings. The Morgan fingerprint density at radius 2 is 1.78 bits per heavy atom. The van der Waals surface area contributed by atoms with Crippen LogP contribution in [0.25, 0.3) is 11.3 Å². The van der Waals surface area contributed by atoms with Crippen LogP contribution < -0.4 is 15.8 Å². The van der Waals surface area contributed by atoms with E-state index in [1.54, 1.807) is 11.1 Å². The van der Waals surface area contributed by atoms with Crippen LogP contribution in [0.2, 0.25) is 0 Å². The second-order valence-electron chi connectivity index (χ2n) is 11.5. The molecule has 5 rings (SSSR count). The number of carbonyl (C=O) groups excluding carboxylic acids is 1. The zero-order chi connectivity index (χ0) is 28.8. The number of piperidine rings is 1. The quantitative estimate of drug-likeness (QED) is 0.382. The third kappa shape index (κ3) is 8.08. The van der Waals surface area contributed by atoms with E-state index >= 15 is 0 Å². The number of hydrogen-bond acceptors (Lipinski definition) is 9. The van der Waals surface area contributed by atoms with Gasteiger partial charge in [-0.05, 0) is 62.7 Å². The van der Waals surface area contributed by atoms with Crippen LogP contribution in [-0.2, 0) is 16.0 Å². The summed E-state index contributed by atoms with van der Waals surface area (Å²) in [5.74, 6) is 1.15. The maximum Gasteiger partial charge on any atom is 0.410 e. The zero-order valence-corrected chi connectivity index (χ0v) is 24.1. The molecule has 2 aliphatic heterocycles. The lowest BCUT2D eigenvalue weighted by atomic mass is 10.1. The molecule has 2 aliphatic rings. The highest BCUT2D eigenvalue weighted by molar-refractivity contribution is 5.70. The van der Waals surface area contributed by atoms with Crippen molar-refractivity contribution in [3.63, 3.8) is 0 Å². The molecule has 10 nitrogen and oxygen atoms in total. The minimum absolute atomic E-state index is 0.0167. The predicted molar refractivity (Wildman–Crippen MR) is 159 cm³/mol. The minimum atomic E-state index is -0.504. The normalized spacial score (nSPS) is 16.8. The Labute approximate surface area is 241 Å². The SMILES string of the molecule is CC(C)(C)OC(=O)N1CCC(Oc2ccc(-c3ccnc(Nc4ccc(CN5CCOCC5)cc4)n3)cc2N)CC1. The van der Waals surface area contributed by atoms with Crippen molar-refractivity contribution in [2.75, 3.05) is 50.4 Å². The Morgan fingerprint density at radius 1 is 1.05 bits per heavy atom. The van der Waals surface area contributed by atoms with Gasteiger partial charge in [0.2, 0.25) is 5.95 Å². The second kappa shape index (κ2) is 12.7. The molecule has 0 saturated carbocycles. The van der Waals surface area contributed by atoms with Gasteiger partial charge in [0.05, 0.1) is 24.6 Å². The number of nitrogens with zero attached hydrogens (tertiary/aromatic N) is 4. The maximum atomic E-state index is 12.3. The van der Waals surface area contributed by atoms with E-state index in [0.29, 0.717) is 30.5 Å². The van der Waals surface area contributed by atoms with Gasteiger partial charge in [-0.1, -0.05) is 12.1 Å². The second-order valence-corrected chi connectivity index (χ2v) is 11.5. The van der Waals surface area contributed by atoms with Crippen molar-refractivity contribution in [2.24, 2.45) is 0 Å². The average Bonchev–Trinajstić information content (AvgIpc) is 2.95. The van der Waals surface area contributed by atoms with E-state index in [-0.39, 0.29) is 12.2 Å². The summed E-state index contributed by atoms with van der Waals surface area (Å²) >= 11 is 0. The fourth-order valence-electron chi connectivity index (χ4n) is 4.90. The number of nitrogens with one attached hydrogen (secondary N) is 1. The van der Waals surface area contributed by atoms with Crippen LogP contribution >= 0.6 is 0 Å². The Kier molecular flexibility index (Phi) is 8.90. The molecular weight excluding hydrogens is 520 g/mol. The maximum absolute atomic E-state index is 12.3. The summed E-state index contributed by atoms with van der Waals surface area (Å²) in [6.07, 6.45) is 2.87. The average molecular weight is 561 g/mol. The van der Waals surface area contributed by atoms with Gasteiger partial charge in [0.25, 0.3) is 0 Å². The molecule has 0 spiro atoms. The molecule has 218 valence electrons. The molecule has 41 heavy (non-hydrogen) atoms. The smallest absolute Gasteiger partial charge is 0.410 e. The van der Waals surface area contributed by atoms with Crippen LogP contribution in [0.5, 0.6) is 5.75 Å². The van der Waals surface area contributed by atoms with E-state index in [1.165, 1.54) is 5.56 Å². The lowest BCUT2D eigenvalue weighted by Gasteiger charge is -2.33. The molecule has 3 aromatic rings. The predicted octanol–water partition coefficient (Wildman–Crippen LogP) is 5.08. The van der Waals surface area contributed by atoms with Crippen LogP contribution in [0.3, 0.4) is 0 Å². The summed E-state index contributed by atoms with van der Waals surface area (Å²) in [5, 5.41) is 3.30. The molecular formula is C31H40N6O4. The first-order valence-corrected chi connectivity index (χ1v) is 14.3. The summed E-state index contributed by atoms with van der Waals surface area (Å²) in [6.45, 7) is 11.2. The van der Waals surface area contributed by atoms with Crippen LogP contribution in [0.4, 0.5) is 22.1 Å². The number of aromatic nitrogens is 2. The first kappa shape index (κ1) is 28.6. The fraction of sp³-hybridized carbons (Fsp3) is 0.452. The molecule has 2 aromatic carbocycles. The van der Waals surface area contributed by atoms with Crippen molar-refractivity contribution in [3.05, 3.63) is 60.3 Å².